The number of benzene rings is 2. The lowest BCUT2D eigenvalue weighted by Gasteiger charge is -2.16. The Kier molecular flexibility index (Phi) is 6.81. The Labute approximate surface area is 167 Å². The number of aromatic nitrogens is 2. The fourth-order valence-electron chi connectivity index (χ4n) is 2.67. The van der Waals surface area contributed by atoms with Crippen LogP contribution < -0.4 is 5.32 Å². The second kappa shape index (κ2) is 9.50. The molecule has 0 radical (unpaired) electrons. The minimum Gasteiger partial charge on any atom is -0.411 e. The number of hydrogen-bond acceptors (Lipinski definition) is 5. The van der Waals surface area contributed by atoms with E-state index in [0.29, 0.717) is 0 Å². The van der Waals surface area contributed by atoms with E-state index in [0.717, 1.165) is 24.6 Å². The third-order valence-corrected chi connectivity index (χ3v) is 5.19. The van der Waals surface area contributed by atoms with Crippen molar-refractivity contribution < 1.29 is 13.6 Å². The van der Waals surface area contributed by atoms with Crippen molar-refractivity contribution in [1.29, 1.82) is 0 Å². The van der Waals surface area contributed by atoms with Crippen LogP contribution in [0.3, 0.4) is 0 Å². The van der Waals surface area contributed by atoms with Gasteiger partial charge in [0, 0.05) is 6.04 Å². The molecule has 3 rings (SSSR count). The largest absolute Gasteiger partial charge is 0.411 e. The van der Waals surface area contributed by atoms with Crippen LogP contribution in [0, 0.1) is 5.82 Å². The summed E-state index contributed by atoms with van der Waals surface area (Å²) in [7, 11) is 0. The predicted octanol–water partition coefficient (Wildman–Crippen LogP) is 4.49. The van der Waals surface area contributed by atoms with E-state index in [4.69, 9.17) is 4.42 Å². The minimum absolute atomic E-state index is 0.0485. The molecular formula is C21H22FN3O2S. The number of carbonyl (C=O) groups excluding carboxylic acids is 1. The van der Waals surface area contributed by atoms with Crippen molar-refractivity contribution in [3.8, 4) is 11.5 Å². The van der Waals surface area contributed by atoms with E-state index in [9.17, 15) is 9.18 Å². The topological polar surface area (TPSA) is 68.0 Å². The van der Waals surface area contributed by atoms with Crippen LogP contribution in [0.1, 0.15) is 25.8 Å². The molecule has 1 amide bonds. The monoisotopic (exact) mass is 399 g/mol. The quantitative estimate of drug-likeness (QED) is 0.565. The van der Waals surface area contributed by atoms with Gasteiger partial charge >= 0.3 is 0 Å². The average molecular weight is 399 g/mol. The predicted molar refractivity (Wildman–Crippen MR) is 107 cm³/mol. The van der Waals surface area contributed by atoms with E-state index in [-0.39, 0.29) is 28.6 Å². The van der Waals surface area contributed by atoms with Crippen LogP contribution in [0.25, 0.3) is 11.5 Å². The summed E-state index contributed by atoms with van der Waals surface area (Å²) >= 11 is 1.15. The summed E-state index contributed by atoms with van der Waals surface area (Å²) in [5.41, 5.74) is 1.49. The normalized spacial score (nSPS) is 13.1. The van der Waals surface area contributed by atoms with Gasteiger partial charge < -0.3 is 9.73 Å². The molecule has 0 fully saturated rings. The molecule has 0 saturated carbocycles. The lowest BCUT2D eigenvalue weighted by atomic mass is 10.1. The molecule has 1 aromatic heterocycles. The summed E-state index contributed by atoms with van der Waals surface area (Å²) in [6.07, 6.45) is 1.75. The first kappa shape index (κ1) is 20.1. The minimum atomic E-state index is -0.430. The van der Waals surface area contributed by atoms with Crippen LogP contribution in [0.15, 0.2) is 64.2 Å². The maximum Gasteiger partial charge on any atom is 0.277 e. The fraction of sp³-hybridized carbons (Fsp3) is 0.286. The Morgan fingerprint density at radius 3 is 2.57 bits per heavy atom. The highest BCUT2D eigenvalue weighted by atomic mass is 32.2. The van der Waals surface area contributed by atoms with E-state index < -0.39 is 11.1 Å². The Hall–Kier alpha value is -2.67. The highest BCUT2D eigenvalue weighted by Gasteiger charge is 2.20. The first-order valence-electron chi connectivity index (χ1n) is 9.12. The van der Waals surface area contributed by atoms with E-state index in [2.05, 4.69) is 27.6 Å². The molecule has 1 N–H and O–H groups in total. The summed E-state index contributed by atoms with van der Waals surface area (Å²) < 4.78 is 19.3. The van der Waals surface area contributed by atoms with Gasteiger partial charge in [0.25, 0.3) is 11.1 Å². The third kappa shape index (κ3) is 5.42. The molecular weight excluding hydrogens is 377 g/mol. The number of nitrogens with one attached hydrogen (secondary N) is 1. The molecule has 3 aromatic rings. The van der Waals surface area contributed by atoms with Gasteiger partial charge in [-0.1, -0.05) is 54.2 Å². The third-order valence-electron chi connectivity index (χ3n) is 4.26. The average Bonchev–Trinajstić information content (AvgIpc) is 3.15. The number of halogens is 1. The van der Waals surface area contributed by atoms with E-state index in [1.165, 1.54) is 11.6 Å². The van der Waals surface area contributed by atoms with Crippen LogP contribution in [0.4, 0.5) is 4.39 Å². The van der Waals surface area contributed by atoms with Crippen LogP contribution in [-0.2, 0) is 11.2 Å². The zero-order valence-electron chi connectivity index (χ0n) is 15.8. The van der Waals surface area contributed by atoms with Gasteiger partial charge in [-0.25, -0.2) is 4.39 Å². The van der Waals surface area contributed by atoms with Crippen LogP contribution >= 0.6 is 11.8 Å². The molecule has 0 saturated heterocycles. The number of thioether (sulfide) groups is 1. The highest BCUT2D eigenvalue weighted by molar-refractivity contribution is 8.00. The van der Waals surface area contributed by atoms with Gasteiger partial charge in [-0.2, -0.15) is 0 Å². The lowest BCUT2D eigenvalue weighted by molar-refractivity contribution is -0.120. The number of amides is 1. The molecule has 0 aliphatic carbocycles. The Morgan fingerprint density at radius 2 is 1.82 bits per heavy atom. The van der Waals surface area contributed by atoms with Crippen molar-refractivity contribution in [3.05, 3.63) is 66.0 Å². The fourth-order valence-corrected chi connectivity index (χ4v) is 3.36. The standard InChI is InChI=1S/C21H22FN3O2S/c1-14(12-13-16-8-4-3-5-9-16)23-19(26)15(2)28-21-25-24-20(27-21)17-10-6-7-11-18(17)22/h3-11,14-15H,12-13H2,1-2H3,(H,23,26)/t14-,15+/m1/s1. The lowest BCUT2D eigenvalue weighted by Crippen LogP contribution is -2.37. The summed E-state index contributed by atoms with van der Waals surface area (Å²) in [4.78, 5) is 12.4. The van der Waals surface area contributed by atoms with E-state index in [1.54, 1.807) is 25.1 Å². The van der Waals surface area contributed by atoms with Crippen LogP contribution in [-0.4, -0.2) is 27.4 Å². The van der Waals surface area contributed by atoms with E-state index >= 15 is 0 Å². The van der Waals surface area contributed by atoms with Gasteiger partial charge in [-0.15, -0.1) is 10.2 Å². The first-order chi connectivity index (χ1) is 13.5. The highest BCUT2D eigenvalue weighted by Crippen LogP contribution is 2.27. The second-order valence-electron chi connectivity index (χ2n) is 6.55. The maximum absolute atomic E-state index is 13.8. The van der Waals surface area contributed by atoms with E-state index in [1.807, 2.05) is 25.1 Å². The molecule has 28 heavy (non-hydrogen) atoms. The number of hydrogen-bond donors (Lipinski definition) is 1. The molecule has 0 aliphatic heterocycles. The Morgan fingerprint density at radius 1 is 1.11 bits per heavy atom. The summed E-state index contributed by atoms with van der Waals surface area (Å²) in [5, 5.41) is 10.6. The van der Waals surface area contributed by atoms with Crippen LogP contribution in [0.5, 0.6) is 0 Å². The van der Waals surface area contributed by atoms with Gasteiger partial charge in [0.15, 0.2) is 0 Å². The Bertz CT molecular complexity index is 917. The number of aryl methyl sites for hydroxylation is 1. The molecule has 2 aromatic carbocycles. The first-order valence-corrected chi connectivity index (χ1v) is 10.00. The van der Waals surface area contributed by atoms with Crippen LogP contribution in [0.2, 0.25) is 0 Å². The molecule has 1 heterocycles. The van der Waals surface area contributed by atoms with Crippen molar-refractivity contribution in [3.63, 3.8) is 0 Å². The zero-order valence-corrected chi connectivity index (χ0v) is 16.6. The van der Waals surface area contributed by atoms with Crippen molar-refractivity contribution in [2.45, 2.75) is 43.2 Å². The summed E-state index contributed by atoms with van der Waals surface area (Å²) in [6, 6.07) is 16.4. The SMILES string of the molecule is C[C@H](CCc1ccccc1)NC(=O)[C@H](C)Sc1nnc(-c2ccccc2F)o1. The molecule has 0 bridgehead atoms. The second-order valence-corrected chi connectivity index (χ2v) is 7.84. The van der Waals surface area contributed by atoms with Crippen molar-refractivity contribution >= 4 is 17.7 Å². The molecule has 2 atom stereocenters. The maximum atomic E-state index is 13.8. The summed E-state index contributed by atoms with van der Waals surface area (Å²) in [6.45, 7) is 3.76. The van der Waals surface area contributed by atoms with Crippen molar-refractivity contribution in [1.82, 2.24) is 15.5 Å². The van der Waals surface area contributed by atoms with Gasteiger partial charge in [0.1, 0.15) is 5.82 Å². The number of rotatable bonds is 8. The van der Waals surface area contributed by atoms with Gasteiger partial charge in [0.05, 0.1) is 10.8 Å². The smallest absolute Gasteiger partial charge is 0.277 e. The van der Waals surface area contributed by atoms with Crippen molar-refractivity contribution in [2.24, 2.45) is 0 Å². The molecule has 7 heteroatoms. The van der Waals surface area contributed by atoms with Gasteiger partial charge in [-0.3, -0.25) is 4.79 Å². The molecule has 0 unspecified atom stereocenters. The number of carbonyl (C=O) groups is 1. The summed E-state index contributed by atoms with van der Waals surface area (Å²) in [5.74, 6) is -0.429. The Balaban J connectivity index is 1.51. The molecule has 0 spiro atoms. The number of nitrogens with zero attached hydrogens (tertiary/aromatic N) is 2. The van der Waals surface area contributed by atoms with Gasteiger partial charge in [-0.05, 0) is 44.4 Å². The molecule has 0 aliphatic rings. The van der Waals surface area contributed by atoms with Gasteiger partial charge in [0.2, 0.25) is 5.91 Å². The molecule has 5 nitrogen and oxygen atoms in total. The molecule has 146 valence electrons. The zero-order chi connectivity index (χ0) is 19.9. The van der Waals surface area contributed by atoms with Crippen molar-refractivity contribution in [2.75, 3.05) is 0 Å².